The molecule has 4 saturated carbocycles. The first-order valence-corrected chi connectivity index (χ1v) is 10.3. The van der Waals surface area contributed by atoms with Crippen LogP contribution in [-0.4, -0.2) is 33.1 Å². The Hall–Kier alpha value is -0.120. The van der Waals surface area contributed by atoms with Gasteiger partial charge in [-0.25, -0.2) is 0 Å². The Bertz CT molecular complexity index is 505. The summed E-state index contributed by atoms with van der Waals surface area (Å²) in [5.74, 6) is 1.85. The van der Waals surface area contributed by atoms with Crippen LogP contribution in [-0.2, 0) is 0 Å². The summed E-state index contributed by atoms with van der Waals surface area (Å²) in [6, 6.07) is 0. The number of aliphatic hydroxyl groups excluding tert-OH is 2. The maximum Gasteiger partial charge on any atom is 0.0735 e. The van der Waals surface area contributed by atoms with Crippen LogP contribution in [0.3, 0.4) is 0 Å². The summed E-state index contributed by atoms with van der Waals surface area (Å²) in [7, 11) is 0. The molecule has 0 radical (unpaired) electrons. The molecule has 0 bridgehead atoms. The number of aliphatic hydroxyl groups is 3. The third-order valence-electron chi connectivity index (χ3n) is 9.48. The quantitative estimate of drug-likeness (QED) is 0.687. The Morgan fingerprint density at radius 1 is 0.917 bits per heavy atom. The summed E-state index contributed by atoms with van der Waals surface area (Å²) >= 11 is 0. The Labute approximate surface area is 146 Å². The maximum atomic E-state index is 11.9. The van der Waals surface area contributed by atoms with E-state index in [2.05, 4.69) is 13.8 Å². The van der Waals surface area contributed by atoms with Gasteiger partial charge in [0.05, 0.1) is 17.8 Å². The molecule has 0 saturated heterocycles. The number of rotatable bonds is 1. The third-order valence-corrected chi connectivity index (χ3v) is 9.48. The van der Waals surface area contributed by atoms with E-state index in [-0.39, 0.29) is 23.5 Å². The number of hydrogen-bond acceptors (Lipinski definition) is 3. The van der Waals surface area contributed by atoms with Gasteiger partial charge in [0, 0.05) is 5.41 Å². The molecular formula is C21H36O3. The van der Waals surface area contributed by atoms with Crippen molar-refractivity contribution in [3.63, 3.8) is 0 Å². The van der Waals surface area contributed by atoms with E-state index in [4.69, 9.17) is 0 Å². The van der Waals surface area contributed by atoms with Gasteiger partial charge in [-0.2, -0.15) is 0 Å². The molecule has 4 aliphatic carbocycles. The minimum absolute atomic E-state index is 0.109. The van der Waals surface area contributed by atoms with Crippen molar-refractivity contribution in [1.82, 2.24) is 0 Å². The van der Waals surface area contributed by atoms with Crippen LogP contribution >= 0.6 is 0 Å². The van der Waals surface area contributed by atoms with Crippen molar-refractivity contribution < 1.29 is 15.3 Å². The lowest BCUT2D eigenvalue weighted by Gasteiger charge is -2.63. The molecule has 0 aromatic carbocycles. The zero-order valence-corrected chi connectivity index (χ0v) is 15.7. The Morgan fingerprint density at radius 2 is 1.67 bits per heavy atom. The van der Waals surface area contributed by atoms with Crippen molar-refractivity contribution in [3.05, 3.63) is 0 Å². The van der Waals surface area contributed by atoms with Crippen LogP contribution in [0.4, 0.5) is 0 Å². The maximum absolute atomic E-state index is 11.9. The van der Waals surface area contributed by atoms with Crippen LogP contribution in [0.25, 0.3) is 0 Å². The zero-order chi connectivity index (χ0) is 17.3. The minimum atomic E-state index is -0.596. The molecule has 0 amide bonds. The Morgan fingerprint density at radius 3 is 2.38 bits per heavy atom. The second-order valence-corrected chi connectivity index (χ2v) is 10.2. The highest BCUT2D eigenvalue weighted by molar-refractivity contribution is 5.17. The minimum Gasteiger partial charge on any atom is -0.393 e. The Balaban J connectivity index is 1.66. The average molecular weight is 337 g/mol. The van der Waals surface area contributed by atoms with Crippen molar-refractivity contribution >= 4 is 0 Å². The summed E-state index contributed by atoms with van der Waals surface area (Å²) in [5, 5.41) is 32.3. The lowest BCUT2D eigenvalue weighted by molar-refractivity contribution is -0.215. The molecule has 0 aliphatic heterocycles. The number of hydrogen-bond donors (Lipinski definition) is 3. The molecule has 3 N–H and O–H groups in total. The van der Waals surface area contributed by atoms with Crippen molar-refractivity contribution in [2.45, 2.75) is 96.4 Å². The molecule has 3 unspecified atom stereocenters. The summed E-state index contributed by atoms with van der Waals surface area (Å²) in [6.45, 7) is 6.62. The van der Waals surface area contributed by atoms with Gasteiger partial charge in [-0.1, -0.05) is 13.8 Å². The summed E-state index contributed by atoms with van der Waals surface area (Å²) in [5.41, 5.74) is -0.427. The SMILES string of the molecule is CC(O)[C@H]1CC[C@]2(O)[C@@H]3CCC4CC(O)CC[C@]4(C)[C@H]3CC[C@]12C. The lowest BCUT2D eigenvalue weighted by atomic mass is 9.43. The third kappa shape index (κ3) is 2.07. The van der Waals surface area contributed by atoms with Crippen LogP contribution in [0, 0.1) is 34.5 Å². The van der Waals surface area contributed by atoms with Gasteiger partial charge in [0.25, 0.3) is 0 Å². The van der Waals surface area contributed by atoms with Crippen molar-refractivity contribution in [3.8, 4) is 0 Å². The molecule has 3 nitrogen and oxygen atoms in total. The zero-order valence-electron chi connectivity index (χ0n) is 15.7. The van der Waals surface area contributed by atoms with Gasteiger partial charge < -0.3 is 15.3 Å². The van der Waals surface area contributed by atoms with Crippen molar-refractivity contribution in [2.75, 3.05) is 0 Å². The lowest BCUT2D eigenvalue weighted by Crippen LogP contribution is -2.62. The van der Waals surface area contributed by atoms with Gasteiger partial charge in [-0.15, -0.1) is 0 Å². The predicted octanol–water partition coefficient (Wildman–Crippen LogP) is 3.50. The van der Waals surface area contributed by atoms with Gasteiger partial charge in [-0.05, 0) is 93.8 Å². The second kappa shape index (κ2) is 5.44. The highest BCUT2D eigenvalue weighted by atomic mass is 16.3. The first kappa shape index (κ1) is 17.3. The molecule has 0 spiro atoms. The summed E-state index contributed by atoms with van der Waals surface area (Å²) < 4.78 is 0. The van der Waals surface area contributed by atoms with Crippen LogP contribution < -0.4 is 0 Å². The molecule has 4 rings (SSSR count). The van der Waals surface area contributed by atoms with E-state index < -0.39 is 5.60 Å². The van der Waals surface area contributed by atoms with Crippen LogP contribution in [0.15, 0.2) is 0 Å². The molecule has 4 fully saturated rings. The molecule has 4 aliphatic rings. The van der Waals surface area contributed by atoms with E-state index in [1.165, 1.54) is 6.42 Å². The topological polar surface area (TPSA) is 60.7 Å². The van der Waals surface area contributed by atoms with Crippen molar-refractivity contribution in [1.29, 1.82) is 0 Å². The molecular weight excluding hydrogens is 300 g/mol. The van der Waals surface area contributed by atoms with E-state index >= 15 is 0 Å². The van der Waals surface area contributed by atoms with Gasteiger partial charge in [-0.3, -0.25) is 0 Å². The van der Waals surface area contributed by atoms with Gasteiger partial charge in [0.15, 0.2) is 0 Å². The first-order chi connectivity index (χ1) is 11.2. The van der Waals surface area contributed by atoms with Crippen LogP contribution in [0.2, 0.25) is 0 Å². The largest absolute Gasteiger partial charge is 0.393 e. The van der Waals surface area contributed by atoms with E-state index in [0.29, 0.717) is 23.2 Å². The monoisotopic (exact) mass is 336 g/mol. The van der Waals surface area contributed by atoms with Gasteiger partial charge >= 0.3 is 0 Å². The highest BCUT2D eigenvalue weighted by Gasteiger charge is 2.67. The van der Waals surface area contributed by atoms with Crippen LogP contribution in [0.1, 0.15) is 78.6 Å². The van der Waals surface area contributed by atoms with Crippen molar-refractivity contribution in [2.24, 2.45) is 34.5 Å². The molecule has 138 valence electrons. The normalized spacial score (nSPS) is 58.5. The molecule has 0 heterocycles. The highest BCUT2D eigenvalue weighted by Crippen LogP contribution is 2.69. The van der Waals surface area contributed by atoms with E-state index in [0.717, 1.165) is 51.4 Å². The molecule has 0 aromatic rings. The molecule has 9 atom stereocenters. The van der Waals surface area contributed by atoms with Gasteiger partial charge in [0.1, 0.15) is 0 Å². The average Bonchev–Trinajstić information content (AvgIpc) is 2.80. The molecule has 0 aromatic heterocycles. The van der Waals surface area contributed by atoms with E-state index in [1.54, 1.807) is 0 Å². The standard InChI is InChI=1S/C21H36O3/c1-13(22)16-8-11-21(24)18-5-4-14-12-15(23)6-9-19(14,2)17(18)7-10-20(16,21)3/h13-18,22-24H,4-12H2,1-3H3/t13?,14?,15?,16-,17+,18-,19+,20-,21+/m1/s1. The second-order valence-electron chi connectivity index (χ2n) is 10.2. The predicted molar refractivity (Wildman–Crippen MR) is 94.4 cm³/mol. The fraction of sp³-hybridized carbons (Fsp3) is 1.00. The smallest absolute Gasteiger partial charge is 0.0735 e. The fourth-order valence-electron chi connectivity index (χ4n) is 8.02. The summed E-state index contributed by atoms with van der Waals surface area (Å²) in [4.78, 5) is 0. The number of fused-ring (bicyclic) bond motifs is 5. The van der Waals surface area contributed by atoms with Crippen LogP contribution in [0.5, 0.6) is 0 Å². The molecule has 24 heavy (non-hydrogen) atoms. The van der Waals surface area contributed by atoms with Gasteiger partial charge in [0.2, 0.25) is 0 Å². The first-order valence-electron chi connectivity index (χ1n) is 10.3. The molecule has 3 heteroatoms. The summed E-state index contributed by atoms with van der Waals surface area (Å²) in [6.07, 6.45) is 8.92. The van der Waals surface area contributed by atoms with E-state index in [1.807, 2.05) is 6.92 Å². The fourth-order valence-corrected chi connectivity index (χ4v) is 8.02. The Kier molecular flexibility index (Phi) is 3.92. The van der Waals surface area contributed by atoms with E-state index in [9.17, 15) is 15.3 Å².